The largest absolute Gasteiger partial charge is 0.449 e. The van der Waals surface area contributed by atoms with Crippen LogP contribution in [0.15, 0.2) is 72.8 Å². The molecule has 0 aromatic heterocycles. The molecule has 59 heavy (non-hydrogen) atoms. The third kappa shape index (κ3) is 14.4. The van der Waals surface area contributed by atoms with Gasteiger partial charge >= 0.3 is 12.1 Å². The lowest BCUT2D eigenvalue weighted by Gasteiger charge is -2.27. The monoisotopic (exact) mass is 817 g/mol. The van der Waals surface area contributed by atoms with Crippen LogP contribution < -0.4 is 37.6 Å². The number of aliphatic hydroxyl groups is 1. The van der Waals surface area contributed by atoms with Gasteiger partial charge in [-0.1, -0.05) is 74.5 Å². The van der Waals surface area contributed by atoms with Gasteiger partial charge in [-0.3, -0.25) is 19.2 Å². The second-order valence-corrected chi connectivity index (χ2v) is 14.3. The van der Waals surface area contributed by atoms with E-state index in [1.54, 1.807) is 38.1 Å². The number of aliphatic hydroxyl groups excluding tert-OH is 1. The maximum absolute atomic E-state index is 13.6. The van der Waals surface area contributed by atoms with E-state index in [9.17, 15) is 33.9 Å². The number of nitrogens with one attached hydrogen (secondary N) is 6. The summed E-state index contributed by atoms with van der Waals surface area (Å²) in [5, 5.41) is 25.1. The average Bonchev–Trinajstić information content (AvgIpc) is 3.53. The summed E-state index contributed by atoms with van der Waals surface area (Å²) < 4.78 is 16.7. The van der Waals surface area contributed by atoms with Crippen LogP contribution in [0.3, 0.4) is 0 Å². The van der Waals surface area contributed by atoms with Gasteiger partial charge in [-0.2, -0.15) is 0 Å². The lowest BCUT2D eigenvalue weighted by Crippen LogP contribution is -2.58. The second kappa shape index (κ2) is 23.4. The molecule has 0 radical (unpaired) electrons. The summed E-state index contributed by atoms with van der Waals surface area (Å²) in [7, 11) is 0. The number of benzene rings is 3. The standard InChI is InChI=1S/C42H55N7O10/c1-26(2)37(40(54)48-35(13-8-18-44-41(43)55)38(52)47-29-16-14-28(23-50)15-17-29)49-39(53)36(46-27(3)51)25-58-22-21-57-20-19-45-42(56)59-24-34-32-11-6-4-9-30(32)31-10-5-7-12-33(31)34/h4-7,9-12,14-17,26,34-37,50H,8,13,18-25H2,1-3H3,(H,45,56)(H,46,51)(H,47,52)(H,48,54)(H,49,53)(H3,43,44,55)/t35-,36-,37?/m0/s1. The normalized spacial score (nSPS) is 13.2. The van der Waals surface area contributed by atoms with Gasteiger partial charge in [0.25, 0.3) is 0 Å². The van der Waals surface area contributed by atoms with E-state index in [0.717, 1.165) is 22.3 Å². The molecule has 3 aromatic carbocycles. The Morgan fingerprint density at radius 2 is 1.37 bits per heavy atom. The number of ether oxygens (including phenoxy) is 3. The van der Waals surface area contributed by atoms with E-state index in [0.29, 0.717) is 17.7 Å². The van der Waals surface area contributed by atoms with Gasteiger partial charge in [0.1, 0.15) is 24.7 Å². The first-order chi connectivity index (χ1) is 28.4. The molecule has 3 aromatic rings. The lowest BCUT2D eigenvalue weighted by atomic mass is 9.98. The molecule has 1 aliphatic rings. The molecule has 0 bridgehead atoms. The van der Waals surface area contributed by atoms with Crippen LogP contribution in [0.2, 0.25) is 0 Å². The maximum atomic E-state index is 13.6. The average molecular weight is 818 g/mol. The van der Waals surface area contributed by atoms with E-state index < -0.39 is 59.8 Å². The van der Waals surface area contributed by atoms with Crippen molar-refractivity contribution in [2.45, 2.75) is 64.3 Å². The number of fused-ring (bicyclic) bond motifs is 3. The van der Waals surface area contributed by atoms with Crippen molar-refractivity contribution in [3.8, 4) is 11.1 Å². The van der Waals surface area contributed by atoms with Crippen molar-refractivity contribution >= 4 is 41.4 Å². The number of nitrogens with two attached hydrogens (primary N) is 1. The predicted octanol–water partition coefficient (Wildman–Crippen LogP) is 2.27. The topological polar surface area (TPSA) is 249 Å². The zero-order valence-electron chi connectivity index (χ0n) is 33.6. The van der Waals surface area contributed by atoms with Gasteiger partial charge in [-0.25, -0.2) is 9.59 Å². The minimum absolute atomic E-state index is 0.0537. The minimum atomic E-state index is -1.15. The molecule has 17 heteroatoms. The fourth-order valence-corrected chi connectivity index (χ4v) is 6.48. The molecule has 0 saturated heterocycles. The Balaban J connectivity index is 1.20. The van der Waals surface area contributed by atoms with Crippen molar-refractivity contribution in [1.29, 1.82) is 0 Å². The van der Waals surface area contributed by atoms with Crippen molar-refractivity contribution in [2.24, 2.45) is 11.7 Å². The zero-order valence-corrected chi connectivity index (χ0v) is 33.6. The van der Waals surface area contributed by atoms with E-state index in [1.807, 2.05) is 36.4 Å². The predicted molar refractivity (Wildman–Crippen MR) is 219 cm³/mol. The number of hydrogen-bond acceptors (Lipinski definition) is 10. The van der Waals surface area contributed by atoms with E-state index >= 15 is 0 Å². The Bertz CT molecular complexity index is 1850. The number of urea groups is 1. The van der Waals surface area contributed by atoms with E-state index in [2.05, 4.69) is 44.0 Å². The van der Waals surface area contributed by atoms with Crippen LogP contribution in [-0.4, -0.2) is 105 Å². The highest BCUT2D eigenvalue weighted by Gasteiger charge is 2.32. The molecule has 0 saturated carbocycles. The van der Waals surface area contributed by atoms with Crippen LogP contribution >= 0.6 is 0 Å². The Kier molecular flexibility index (Phi) is 18.1. The minimum Gasteiger partial charge on any atom is -0.449 e. The highest BCUT2D eigenvalue weighted by Crippen LogP contribution is 2.44. The molecule has 1 unspecified atom stereocenters. The van der Waals surface area contributed by atoms with E-state index in [-0.39, 0.29) is 65.1 Å². The number of primary amides is 1. The Morgan fingerprint density at radius 1 is 0.729 bits per heavy atom. The molecule has 318 valence electrons. The molecular weight excluding hydrogens is 763 g/mol. The first kappa shape index (κ1) is 45.7. The summed E-state index contributed by atoms with van der Waals surface area (Å²) in [6, 6.07) is 18.6. The Labute approximate surface area is 343 Å². The molecule has 0 aliphatic heterocycles. The first-order valence-corrected chi connectivity index (χ1v) is 19.5. The first-order valence-electron chi connectivity index (χ1n) is 19.5. The van der Waals surface area contributed by atoms with Crippen LogP contribution in [0.25, 0.3) is 11.1 Å². The van der Waals surface area contributed by atoms with Crippen molar-refractivity contribution in [2.75, 3.05) is 51.4 Å². The molecule has 0 fully saturated rings. The fourth-order valence-electron chi connectivity index (χ4n) is 6.48. The number of carbonyl (C=O) groups is 6. The Morgan fingerprint density at radius 3 is 1.98 bits per heavy atom. The third-order valence-corrected chi connectivity index (χ3v) is 9.46. The highest BCUT2D eigenvalue weighted by atomic mass is 16.6. The maximum Gasteiger partial charge on any atom is 0.407 e. The number of alkyl carbamates (subject to hydrolysis) is 1. The number of rotatable bonds is 23. The lowest BCUT2D eigenvalue weighted by molar-refractivity contribution is -0.134. The van der Waals surface area contributed by atoms with Crippen LogP contribution in [0, 0.1) is 5.92 Å². The van der Waals surface area contributed by atoms with Crippen LogP contribution in [-0.2, 0) is 40.0 Å². The molecule has 0 heterocycles. The highest BCUT2D eigenvalue weighted by molar-refractivity contribution is 5.99. The van der Waals surface area contributed by atoms with Crippen molar-refractivity contribution < 1.29 is 48.1 Å². The summed E-state index contributed by atoms with van der Waals surface area (Å²) in [4.78, 5) is 75.8. The van der Waals surface area contributed by atoms with Gasteiger partial charge < -0.3 is 57.0 Å². The molecular formula is C42H55N7O10. The van der Waals surface area contributed by atoms with Gasteiger partial charge in [0.05, 0.1) is 33.0 Å². The van der Waals surface area contributed by atoms with Gasteiger partial charge in [0.2, 0.25) is 23.6 Å². The van der Waals surface area contributed by atoms with Gasteiger partial charge in [0.15, 0.2) is 0 Å². The summed E-state index contributed by atoms with van der Waals surface area (Å²) >= 11 is 0. The molecule has 9 N–H and O–H groups in total. The smallest absolute Gasteiger partial charge is 0.407 e. The molecule has 17 nitrogen and oxygen atoms in total. The summed E-state index contributed by atoms with van der Waals surface area (Å²) in [6.45, 7) is 5.17. The molecule has 0 spiro atoms. The molecule has 1 aliphatic carbocycles. The quantitative estimate of drug-likeness (QED) is 0.0649. The molecule has 3 atom stereocenters. The number of carbonyl (C=O) groups excluding carboxylic acids is 6. The van der Waals surface area contributed by atoms with Crippen LogP contribution in [0.4, 0.5) is 15.3 Å². The molecule has 7 amide bonds. The van der Waals surface area contributed by atoms with Crippen LogP contribution in [0.5, 0.6) is 0 Å². The fraction of sp³-hybridized carbons (Fsp3) is 0.429. The number of anilines is 1. The van der Waals surface area contributed by atoms with Gasteiger partial charge in [-0.15, -0.1) is 0 Å². The van der Waals surface area contributed by atoms with E-state index in [4.69, 9.17) is 19.9 Å². The second-order valence-electron chi connectivity index (χ2n) is 14.3. The number of amides is 7. The van der Waals surface area contributed by atoms with Crippen molar-refractivity contribution in [3.63, 3.8) is 0 Å². The summed E-state index contributed by atoms with van der Waals surface area (Å²) in [5.41, 5.74) is 10.7. The molecule has 4 rings (SSSR count). The zero-order chi connectivity index (χ0) is 42.7. The third-order valence-electron chi connectivity index (χ3n) is 9.46. The Hall–Kier alpha value is -6.04. The van der Waals surface area contributed by atoms with Gasteiger partial charge in [-0.05, 0) is 58.7 Å². The van der Waals surface area contributed by atoms with Crippen molar-refractivity contribution in [3.05, 3.63) is 89.5 Å². The SMILES string of the molecule is CC(=O)N[C@@H](COCCOCCNC(=O)OCC1c2ccccc2-c2ccccc21)C(=O)NC(C(=O)N[C@@H](CCCNC(N)=O)C(=O)Nc1ccc(CO)cc1)C(C)C. The number of hydrogen-bond donors (Lipinski definition) is 8. The van der Waals surface area contributed by atoms with E-state index in [1.165, 1.54) is 6.92 Å². The van der Waals surface area contributed by atoms with Gasteiger partial charge in [0, 0.05) is 31.6 Å². The summed E-state index contributed by atoms with van der Waals surface area (Å²) in [5.74, 6) is -2.85. The van der Waals surface area contributed by atoms with Crippen LogP contribution in [0.1, 0.15) is 56.2 Å². The summed E-state index contributed by atoms with van der Waals surface area (Å²) in [6.07, 6.45) is -0.142. The van der Waals surface area contributed by atoms with Crippen molar-refractivity contribution in [1.82, 2.24) is 26.6 Å².